The maximum absolute atomic E-state index is 12.9. The number of anilines is 2. The molecule has 4 aromatic rings. The third kappa shape index (κ3) is 4.00. The smallest absolute Gasteiger partial charge is 0.270 e. The predicted octanol–water partition coefficient (Wildman–Crippen LogP) is 4.11. The Morgan fingerprint density at radius 2 is 2.00 bits per heavy atom. The summed E-state index contributed by atoms with van der Waals surface area (Å²) in [6.45, 7) is 5.53. The highest BCUT2D eigenvalue weighted by Gasteiger charge is 2.20. The first kappa shape index (κ1) is 21.3. The molecule has 2 aromatic carbocycles. The minimum atomic E-state index is -0.549. The van der Waals surface area contributed by atoms with Crippen molar-refractivity contribution in [3.8, 4) is 0 Å². The van der Waals surface area contributed by atoms with Crippen LogP contribution in [0.4, 0.5) is 16.5 Å². The molecule has 0 spiro atoms. The van der Waals surface area contributed by atoms with Gasteiger partial charge in [-0.15, -0.1) is 11.3 Å². The Balaban J connectivity index is 1.68. The quantitative estimate of drug-likeness (QED) is 0.335. The average molecular weight is 449 g/mol. The molecule has 32 heavy (non-hydrogen) atoms. The fourth-order valence-corrected chi connectivity index (χ4v) is 4.35. The largest absolute Gasteiger partial charge is 0.293 e. The number of benzene rings is 2. The highest BCUT2D eigenvalue weighted by Crippen LogP contribution is 2.31. The fourth-order valence-electron chi connectivity index (χ4n) is 3.48. The summed E-state index contributed by atoms with van der Waals surface area (Å²) in [6.07, 6.45) is 1.39. The zero-order valence-corrected chi connectivity index (χ0v) is 18.4. The molecule has 1 amide bonds. The van der Waals surface area contributed by atoms with Gasteiger partial charge in [-0.25, -0.2) is 9.97 Å². The number of carbonyl (C=O) groups excluding carboxylic acids is 1. The van der Waals surface area contributed by atoms with Crippen molar-refractivity contribution < 1.29 is 9.72 Å². The highest BCUT2D eigenvalue weighted by atomic mass is 32.1. The standard InChI is InChI=1S/C22H19N5O4S/c1-13-4-7-20(14(2)8-13)26(15(3)28)22-24-16(11-32-22)10-25-12-23-19-6-5-17(27(30)31)9-18(19)21(25)29/h4-9,11-12H,10H2,1-3H3. The van der Waals surface area contributed by atoms with Crippen LogP contribution in [-0.4, -0.2) is 25.4 Å². The van der Waals surface area contributed by atoms with E-state index in [0.717, 1.165) is 16.8 Å². The number of nitrogens with zero attached hydrogens (tertiary/aromatic N) is 5. The summed E-state index contributed by atoms with van der Waals surface area (Å²) in [5.74, 6) is -0.172. The minimum Gasteiger partial charge on any atom is -0.293 e. The van der Waals surface area contributed by atoms with Crippen LogP contribution in [0.5, 0.6) is 0 Å². The number of aryl methyl sites for hydroxylation is 2. The SMILES string of the molecule is CC(=O)N(c1nc(Cn2cnc3ccc([N+](=O)[O-])cc3c2=O)cs1)c1ccc(C)cc1C. The van der Waals surface area contributed by atoms with Crippen molar-refractivity contribution in [3.63, 3.8) is 0 Å². The van der Waals surface area contributed by atoms with Gasteiger partial charge in [0.05, 0.1) is 40.1 Å². The lowest BCUT2D eigenvalue weighted by molar-refractivity contribution is -0.384. The average Bonchev–Trinajstić information content (AvgIpc) is 3.19. The Morgan fingerprint density at radius 1 is 1.22 bits per heavy atom. The van der Waals surface area contributed by atoms with Crippen LogP contribution >= 0.6 is 11.3 Å². The lowest BCUT2D eigenvalue weighted by atomic mass is 10.1. The third-order valence-electron chi connectivity index (χ3n) is 4.99. The van der Waals surface area contributed by atoms with Gasteiger partial charge in [0.1, 0.15) is 0 Å². The number of carbonyl (C=O) groups is 1. The summed E-state index contributed by atoms with van der Waals surface area (Å²) in [7, 11) is 0. The number of aromatic nitrogens is 3. The summed E-state index contributed by atoms with van der Waals surface area (Å²) in [5, 5.41) is 13.5. The van der Waals surface area contributed by atoms with Gasteiger partial charge in [-0.2, -0.15) is 0 Å². The Bertz CT molecular complexity index is 1430. The molecule has 4 rings (SSSR count). The lowest BCUT2D eigenvalue weighted by Gasteiger charge is -2.20. The van der Waals surface area contributed by atoms with Crippen molar-refractivity contribution in [2.45, 2.75) is 27.3 Å². The van der Waals surface area contributed by atoms with E-state index in [2.05, 4.69) is 9.97 Å². The second-order valence-electron chi connectivity index (χ2n) is 7.40. The molecule has 0 fully saturated rings. The molecule has 0 saturated heterocycles. The van der Waals surface area contributed by atoms with E-state index in [0.29, 0.717) is 16.3 Å². The van der Waals surface area contributed by atoms with Crippen LogP contribution < -0.4 is 10.5 Å². The van der Waals surface area contributed by atoms with Crippen LogP contribution in [0.3, 0.4) is 0 Å². The summed E-state index contributed by atoms with van der Waals surface area (Å²) in [4.78, 5) is 46.1. The molecular formula is C22H19N5O4S. The van der Waals surface area contributed by atoms with Crippen LogP contribution in [0.1, 0.15) is 23.7 Å². The Morgan fingerprint density at radius 3 is 2.69 bits per heavy atom. The van der Waals surface area contributed by atoms with Crippen LogP contribution in [0, 0.1) is 24.0 Å². The number of thiazole rings is 1. The summed E-state index contributed by atoms with van der Waals surface area (Å²) in [6, 6.07) is 9.82. The molecule has 0 unspecified atom stereocenters. The van der Waals surface area contributed by atoms with Crippen molar-refractivity contribution >= 4 is 44.7 Å². The first-order chi connectivity index (χ1) is 15.2. The highest BCUT2D eigenvalue weighted by molar-refractivity contribution is 7.14. The molecule has 2 heterocycles. The van der Waals surface area contributed by atoms with E-state index in [-0.39, 0.29) is 23.5 Å². The van der Waals surface area contributed by atoms with Crippen LogP contribution in [0.25, 0.3) is 10.9 Å². The molecule has 0 atom stereocenters. The summed E-state index contributed by atoms with van der Waals surface area (Å²) < 4.78 is 1.35. The van der Waals surface area contributed by atoms with Gasteiger partial charge >= 0.3 is 0 Å². The molecular weight excluding hydrogens is 430 g/mol. The molecule has 0 aliphatic rings. The van der Waals surface area contributed by atoms with Crippen LogP contribution in [0.2, 0.25) is 0 Å². The maximum Gasteiger partial charge on any atom is 0.270 e. The van der Waals surface area contributed by atoms with E-state index in [1.54, 1.807) is 10.3 Å². The zero-order valence-electron chi connectivity index (χ0n) is 17.6. The Hall–Kier alpha value is -3.92. The number of fused-ring (bicyclic) bond motifs is 1. The first-order valence-electron chi connectivity index (χ1n) is 9.70. The van der Waals surface area contributed by atoms with Gasteiger partial charge in [0.25, 0.3) is 11.2 Å². The lowest BCUT2D eigenvalue weighted by Crippen LogP contribution is -2.24. The monoisotopic (exact) mass is 449 g/mol. The molecule has 2 aromatic heterocycles. The molecule has 0 aliphatic heterocycles. The van der Waals surface area contributed by atoms with Gasteiger partial charge in [-0.3, -0.25) is 29.2 Å². The number of nitro groups is 1. The van der Waals surface area contributed by atoms with Gasteiger partial charge < -0.3 is 0 Å². The molecule has 0 bridgehead atoms. The number of hydrogen-bond donors (Lipinski definition) is 0. The molecule has 0 aliphatic carbocycles. The molecule has 0 saturated carbocycles. The van der Waals surface area contributed by atoms with Gasteiger partial charge in [-0.05, 0) is 31.5 Å². The first-order valence-corrected chi connectivity index (χ1v) is 10.6. The number of amides is 1. The van der Waals surface area contributed by atoms with Gasteiger partial charge in [0, 0.05) is 24.4 Å². The second-order valence-corrected chi connectivity index (χ2v) is 8.24. The van der Waals surface area contributed by atoms with E-state index in [4.69, 9.17) is 0 Å². The van der Waals surface area contributed by atoms with E-state index in [1.807, 2.05) is 32.0 Å². The molecule has 0 radical (unpaired) electrons. The van der Waals surface area contributed by atoms with Gasteiger partial charge in [0.15, 0.2) is 5.13 Å². The van der Waals surface area contributed by atoms with Crippen molar-refractivity contribution in [3.05, 3.63) is 85.4 Å². The van der Waals surface area contributed by atoms with Gasteiger partial charge in [-0.1, -0.05) is 17.7 Å². The van der Waals surface area contributed by atoms with Crippen molar-refractivity contribution in [1.82, 2.24) is 14.5 Å². The summed E-state index contributed by atoms with van der Waals surface area (Å²) >= 11 is 1.30. The second kappa shape index (κ2) is 8.31. The molecule has 10 heteroatoms. The Labute approximate surface area is 186 Å². The number of hydrogen-bond acceptors (Lipinski definition) is 7. The van der Waals surface area contributed by atoms with Crippen LogP contribution in [0.15, 0.2) is 52.9 Å². The minimum absolute atomic E-state index is 0.125. The maximum atomic E-state index is 12.9. The van der Waals surface area contributed by atoms with Crippen molar-refractivity contribution in [1.29, 1.82) is 0 Å². The normalized spacial score (nSPS) is 11.0. The number of non-ortho nitro benzene ring substituents is 1. The third-order valence-corrected chi connectivity index (χ3v) is 5.86. The molecule has 0 N–H and O–H groups in total. The predicted molar refractivity (Wildman–Crippen MR) is 123 cm³/mol. The number of rotatable bonds is 5. The zero-order chi connectivity index (χ0) is 23.0. The van der Waals surface area contributed by atoms with Crippen molar-refractivity contribution in [2.75, 3.05) is 4.90 Å². The number of nitro benzene ring substituents is 1. The van der Waals surface area contributed by atoms with E-state index in [9.17, 15) is 19.7 Å². The molecule has 9 nitrogen and oxygen atoms in total. The summed E-state index contributed by atoms with van der Waals surface area (Å²) in [5.41, 5.74) is 3.19. The van der Waals surface area contributed by atoms with Crippen LogP contribution in [-0.2, 0) is 11.3 Å². The van der Waals surface area contributed by atoms with E-state index in [1.165, 1.54) is 47.4 Å². The molecule has 162 valence electrons. The Kier molecular flexibility index (Phi) is 5.54. The van der Waals surface area contributed by atoms with Crippen molar-refractivity contribution in [2.24, 2.45) is 0 Å². The van der Waals surface area contributed by atoms with E-state index >= 15 is 0 Å². The van der Waals surface area contributed by atoms with Gasteiger partial charge in [0.2, 0.25) is 5.91 Å². The fraction of sp³-hybridized carbons (Fsp3) is 0.182. The van der Waals surface area contributed by atoms with E-state index < -0.39 is 10.5 Å². The topological polar surface area (TPSA) is 111 Å².